The number of hydrogen-bond acceptors (Lipinski definition) is 5. The van der Waals surface area contributed by atoms with Gasteiger partial charge in [-0.1, -0.05) is 0 Å². The number of aryl methyl sites for hydroxylation is 1. The topological polar surface area (TPSA) is 69.2 Å². The van der Waals surface area contributed by atoms with E-state index in [9.17, 15) is 0 Å². The van der Waals surface area contributed by atoms with Gasteiger partial charge in [0, 0.05) is 12.6 Å². The first-order chi connectivity index (χ1) is 10.2. The van der Waals surface area contributed by atoms with Crippen molar-refractivity contribution in [3.05, 3.63) is 12.1 Å². The second kappa shape index (κ2) is 5.89. The van der Waals surface area contributed by atoms with E-state index in [-0.39, 0.29) is 0 Å². The first-order valence-corrected chi connectivity index (χ1v) is 7.52. The van der Waals surface area contributed by atoms with Crippen LogP contribution in [-0.2, 0) is 6.54 Å². The molecular formula is C15H23N5O. The second-order valence-electron chi connectivity index (χ2n) is 5.85. The monoisotopic (exact) mass is 289 g/mol. The van der Waals surface area contributed by atoms with Gasteiger partial charge in [-0.2, -0.15) is 4.98 Å². The molecule has 0 spiro atoms. The van der Waals surface area contributed by atoms with Crippen molar-refractivity contribution in [3.63, 3.8) is 0 Å². The first kappa shape index (κ1) is 14.1. The quantitative estimate of drug-likeness (QED) is 0.928. The Hall–Kier alpha value is -1.82. The summed E-state index contributed by atoms with van der Waals surface area (Å²) in [6, 6.07) is 3.72. The number of nitrogens with zero attached hydrogens (tertiary/aromatic N) is 4. The second-order valence-corrected chi connectivity index (χ2v) is 5.85. The predicted octanol–water partition coefficient (Wildman–Crippen LogP) is 1.75. The molecule has 0 saturated carbocycles. The summed E-state index contributed by atoms with van der Waals surface area (Å²) in [6.45, 7) is 3.25. The molecular weight excluding hydrogens is 266 g/mol. The minimum absolute atomic E-state index is 0.540. The van der Waals surface area contributed by atoms with E-state index in [0.29, 0.717) is 11.8 Å². The van der Waals surface area contributed by atoms with Crippen molar-refractivity contribution < 1.29 is 4.74 Å². The largest absolute Gasteiger partial charge is 0.481 e. The predicted molar refractivity (Wildman–Crippen MR) is 83.3 cm³/mol. The van der Waals surface area contributed by atoms with Crippen molar-refractivity contribution in [2.75, 3.05) is 33.0 Å². The van der Waals surface area contributed by atoms with E-state index in [1.165, 1.54) is 25.9 Å². The molecule has 2 N–H and O–H groups in total. The van der Waals surface area contributed by atoms with Gasteiger partial charge in [0.15, 0.2) is 5.65 Å². The molecule has 0 unspecified atom stereocenters. The number of nitrogens with two attached hydrogens (primary N) is 1. The molecule has 0 bridgehead atoms. The van der Waals surface area contributed by atoms with Gasteiger partial charge in [-0.15, -0.1) is 0 Å². The van der Waals surface area contributed by atoms with Crippen LogP contribution in [0, 0.1) is 5.92 Å². The van der Waals surface area contributed by atoms with E-state index in [1.807, 2.05) is 16.7 Å². The fraction of sp³-hybridized carbons (Fsp3) is 0.600. The molecule has 1 aliphatic rings. The Kier molecular flexibility index (Phi) is 3.96. The molecule has 1 fully saturated rings. The van der Waals surface area contributed by atoms with Gasteiger partial charge in [0.25, 0.3) is 0 Å². The summed E-state index contributed by atoms with van der Waals surface area (Å²) < 4.78 is 7.20. The Morgan fingerprint density at radius 2 is 2.05 bits per heavy atom. The fourth-order valence-corrected chi connectivity index (χ4v) is 3.00. The average Bonchev–Trinajstić information content (AvgIpc) is 2.81. The number of pyridine rings is 1. The van der Waals surface area contributed by atoms with Gasteiger partial charge in [-0.05, 0) is 51.4 Å². The van der Waals surface area contributed by atoms with Crippen LogP contribution in [0.4, 0.5) is 5.95 Å². The third kappa shape index (κ3) is 2.95. The summed E-state index contributed by atoms with van der Waals surface area (Å²) in [4.78, 5) is 11.3. The zero-order valence-electron chi connectivity index (χ0n) is 12.7. The van der Waals surface area contributed by atoms with E-state index >= 15 is 0 Å². The van der Waals surface area contributed by atoms with Crippen molar-refractivity contribution >= 4 is 17.1 Å². The van der Waals surface area contributed by atoms with Crippen LogP contribution in [0.1, 0.15) is 19.3 Å². The Morgan fingerprint density at radius 1 is 1.29 bits per heavy atom. The molecule has 1 saturated heterocycles. The van der Waals surface area contributed by atoms with Crippen LogP contribution in [0.25, 0.3) is 11.2 Å². The van der Waals surface area contributed by atoms with Crippen LogP contribution in [-0.4, -0.2) is 46.7 Å². The summed E-state index contributed by atoms with van der Waals surface area (Å²) in [7, 11) is 3.81. The summed E-state index contributed by atoms with van der Waals surface area (Å²) in [5.74, 6) is 1.91. The smallest absolute Gasteiger partial charge is 0.215 e. The van der Waals surface area contributed by atoms with Crippen molar-refractivity contribution in [2.24, 2.45) is 5.92 Å². The van der Waals surface area contributed by atoms with Gasteiger partial charge in [-0.3, -0.25) is 4.57 Å². The Labute approximate surface area is 124 Å². The van der Waals surface area contributed by atoms with Crippen molar-refractivity contribution in [3.8, 4) is 5.88 Å². The number of fused-ring (bicyclic) bond motifs is 1. The number of hydrogen-bond donors (Lipinski definition) is 1. The van der Waals surface area contributed by atoms with E-state index < -0.39 is 0 Å². The molecule has 0 atom stereocenters. The zero-order valence-corrected chi connectivity index (χ0v) is 12.7. The maximum Gasteiger partial charge on any atom is 0.215 e. The maximum atomic E-state index is 6.05. The van der Waals surface area contributed by atoms with Crippen LogP contribution in [0.15, 0.2) is 12.1 Å². The van der Waals surface area contributed by atoms with Gasteiger partial charge in [0.2, 0.25) is 11.8 Å². The van der Waals surface area contributed by atoms with Gasteiger partial charge in [-0.25, -0.2) is 4.98 Å². The molecule has 0 radical (unpaired) electrons. The van der Waals surface area contributed by atoms with E-state index in [2.05, 4.69) is 21.9 Å². The number of imidazole rings is 1. The van der Waals surface area contributed by atoms with Crippen LogP contribution < -0.4 is 10.5 Å². The lowest BCUT2D eigenvalue weighted by atomic mass is 9.94. The Morgan fingerprint density at radius 3 is 2.76 bits per heavy atom. The van der Waals surface area contributed by atoms with Crippen LogP contribution in [0.3, 0.4) is 0 Å². The summed E-state index contributed by atoms with van der Waals surface area (Å²) in [6.07, 6.45) is 3.65. The van der Waals surface area contributed by atoms with Gasteiger partial charge in [0.1, 0.15) is 5.52 Å². The fourth-order valence-electron chi connectivity index (χ4n) is 3.00. The number of anilines is 1. The maximum absolute atomic E-state index is 6.05. The molecule has 1 aliphatic heterocycles. The van der Waals surface area contributed by atoms with Crippen LogP contribution in [0.2, 0.25) is 0 Å². The van der Waals surface area contributed by atoms with Crippen molar-refractivity contribution in [2.45, 2.75) is 25.8 Å². The third-order valence-electron chi connectivity index (χ3n) is 4.40. The molecule has 0 aromatic carbocycles. The average molecular weight is 289 g/mol. The molecule has 3 heterocycles. The van der Waals surface area contributed by atoms with Gasteiger partial charge in [0.05, 0.1) is 7.11 Å². The number of nitrogen functional groups attached to an aromatic ring is 1. The van der Waals surface area contributed by atoms with Gasteiger partial charge < -0.3 is 15.4 Å². The Balaban J connectivity index is 1.75. The molecule has 114 valence electrons. The lowest BCUT2D eigenvalue weighted by Crippen LogP contribution is -2.30. The molecule has 21 heavy (non-hydrogen) atoms. The number of methoxy groups -OCH3 is 1. The number of ether oxygens (including phenoxy) is 1. The summed E-state index contributed by atoms with van der Waals surface area (Å²) in [5.41, 5.74) is 7.69. The molecule has 0 aliphatic carbocycles. The third-order valence-corrected chi connectivity index (χ3v) is 4.40. The SMILES string of the molecule is COc1ccc2nc(N)n(CCC3CCN(C)CC3)c2n1. The zero-order chi connectivity index (χ0) is 14.8. The van der Waals surface area contributed by atoms with E-state index in [1.54, 1.807) is 7.11 Å². The van der Waals surface area contributed by atoms with Crippen LogP contribution >= 0.6 is 0 Å². The molecule has 2 aromatic rings. The summed E-state index contributed by atoms with van der Waals surface area (Å²) >= 11 is 0. The van der Waals surface area contributed by atoms with E-state index in [4.69, 9.17) is 10.5 Å². The normalized spacial score (nSPS) is 17.4. The van der Waals surface area contributed by atoms with Crippen molar-refractivity contribution in [1.82, 2.24) is 19.4 Å². The highest BCUT2D eigenvalue weighted by Crippen LogP contribution is 2.24. The molecule has 3 rings (SSSR count). The van der Waals surface area contributed by atoms with Crippen LogP contribution in [0.5, 0.6) is 5.88 Å². The minimum atomic E-state index is 0.540. The number of piperidine rings is 1. The minimum Gasteiger partial charge on any atom is -0.481 e. The highest BCUT2D eigenvalue weighted by Gasteiger charge is 2.18. The highest BCUT2D eigenvalue weighted by atomic mass is 16.5. The molecule has 2 aromatic heterocycles. The van der Waals surface area contributed by atoms with Gasteiger partial charge >= 0.3 is 0 Å². The lowest BCUT2D eigenvalue weighted by Gasteiger charge is -2.29. The standard InChI is InChI=1S/C15H23N5O/c1-19-8-5-11(6-9-19)7-10-20-14-12(17-15(20)16)3-4-13(18-14)21-2/h3-4,11H,5-10H2,1-2H3,(H2,16,17). The number of rotatable bonds is 4. The molecule has 6 nitrogen and oxygen atoms in total. The molecule has 0 amide bonds. The highest BCUT2D eigenvalue weighted by molar-refractivity contribution is 5.74. The Bertz CT molecular complexity index is 616. The lowest BCUT2D eigenvalue weighted by molar-refractivity contribution is 0.208. The first-order valence-electron chi connectivity index (χ1n) is 7.52. The van der Waals surface area contributed by atoms with E-state index in [0.717, 1.165) is 30.0 Å². The summed E-state index contributed by atoms with van der Waals surface area (Å²) in [5, 5.41) is 0. The molecule has 6 heteroatoms. The number of aromatic nitrogens is 3. The number of likely N-dealkylation sites (tertiary alicyclic amines) is 1. The van der Waals surface area contributed by atoms with Crippen molar-refractivity contribution in [1.29, 1.82) is 0 Å².